The molecule has 0 aliphatic heterocycles. The number of rotatable bonds is 4. The minimum absolute atomic E-state index is 0.0926. The second-order valence-electron chi connectivity index (χ2n) is 10.7. The molecule has 0 aromatic rings. The average molecular weight is 383 g/mol. The highest BCUT2D eigenvalue weighted by Gasteiger charge is 2.67. The summed E-state index contributed by atoms with van der Waals surface area (Å²) < 4.78 is 17.6. The van der Waals surface area contributed by atoms with Crippen LogP contribution in [0.4, 0.5) is 0 Å². The molecule has 0 aromatic heterocycles. The van der Waals surface area contributed by atoms with Crippen molar-refractivity contribution >= 4 is 10.8 Å². The lowest BCUT2D eigenvalue weighted by Gasteiger charge is -2.70. The predicted octanol–water partition coefficient (Wildman–Crippen LogP) is 4.01. The highest BCUT2D eigenvalue weighted by Crippen LogP contribution is 2.72. The molecule has 0 saturated heterocycles. The topological polar surface area (TPSA) is 46.5 Å². The minimum atomic E-state index is -0.811. The lowest BCUT2D eigenvalue weighted by atomic mass is 9.35. The van der Waals surface area contributed by atoms with Crippen LogP contribution in [0.5, 0.6) is 0 Å². The van der Waals surface area contributed by atoms with Crippen LogP contribution in [0.15, 0.2) is 0 Å². The molecule has 5 aliphatic carbocycles. The monoisotopic (exact) mass is 382 g/mol. The number of hydrogen-bond donors (Lipinski definition) is 1. The van der Waals surface area contributed by atoms with Crippen molar-refractivity contribution in [1.82, 2.24) is 0 Å². The zero-order valence-corrected chi connectivity index (χ0v) is 17.9. The highest BCUT2D eigenvalue weighted by atomic mass is 32.2. The lowest BCUT2D eigenvalue weighted by molar-refractivity contribution is -0.243. The van der Waals surface area contributed by atoms with Crippen molar-refractivity contribution in [1.29, 1.82) is 0 Å². The molecule has 3 nitrogen and oxygen atoms in total. The molecule has 1 unspecified atom stereocenters. The van der Waals surface area contributed by atoms with E-state index in [2.05, 4.69) is 13.8 Å². The van der Waals surface area contributed by atoms with Gasteiger partial charge in [0.15, 0.2) is 0 Å². The third-order valence-corrected chi connectivity index (χ3v) is 10.4. The fraction of sp³-hybridized carbons (Fsp3) is 1.00. The third kappa shape index (κ3) is 2.61. The summed E-state index contributed by atoms with van der Waals surface area (Å²) in [5.74, 6) is 2.89. The first-order valence-corrected chi connectivity index (χ1v) is 12.5. The van der Waals surface area contributed by atoms with E-state index in [1.165, 1.54) is 44.9 Å². The summed E-state index contributed by atoms with van der Waals surface area (Å²) in [4.78, 5) is 0. The van der Waals surface area contributed by atoms with Crippen LogP contribution in [0.25, 0.3) is 0 Å². The normalized spacial score (nSPS) is 54.4. The van der Waals surface area contributed by atoms with E-state index in [9.17, 15) is 9.32 Å². The zero-order chi connectivity index (χ0) is 18.7. The van der Waals surface area contributed by atoms with E-state index in [0.717, 1.165) is 13.0 Å². The van der Waals surface area contributed by atoms with Crippen molar-refractivity contribution in [2.45, 2.75) is 71.3 Å². The smallest absolute Gasteiger partial charge is 0.0638 e. The first kappa shape index (κ1) is 19.4. The van der Waals surface area contributed by atoms with Gasteiger partial charge in [0.1, 0.15) is 0 Å². The van der Waals surface area contributed by atoms with Crippen LogP contribution in [0.2, 0.25) is 0 Å². The second-order valence-corrected chi connectivity index (χ2v) is 12.2. The maximum atomic E-state index is 11.9. The van der Waals surface area contributed by atoms with E-state index in [0.29, 0.717) is 28.9 Å². The number of ether oxygens (including phenoxy) is 1. The molecular formula is C22H38O3S. The standard InChI is InChI=1S/C22H38O3S/c1-20(14-25-3)8-5-9-21(2)17(20)7-11-22-10-6-15(12-18(21)22)16(19(22)23)13-26(4)24/h15-19,23H,5-14H2,1-4H3/t15-,16+,17-,18+,19-,20+,21-,22+,26?/m1/s1. The molecule has 0 heterocycles. The molecular weight excluding hydrogens is 344 g/mol. The van der Waals surface area contributed by atoms with Gasteiger partial charge in [-0.3, -0.25) is 4.21 Å². The molecule has 0 radical (unpaired) electrons. The summed E-state index contributed by atoms with van der Waals surface area (Å²) >= 11 is 0. The predicted molar refractivity (Wildman–Crippen MR) is 106 cm³/mol. The van der Waals surface area contributed by atoms with Gasteiger partial charge in [0.2, 0.25) is 0 Å². The second kappa shape index (κ2) is 6.56. The molecule has 0 aromatic carbocycles. The van der Waals surface area contributed by atoms with Crippen LogP contribution < -0.4 is 0 Å². The molecule has 1 N–H and O–H groups in total. The van der Waals surface area contributed by atoms with E-state index in [4.69, 9.17) is 4.74 Å². The van der Waals surface area contributed by atoms with Gasteiger partial charge in [-0.25, -0.2) is 0 Å². The Kier molecular flexibility index (Phi) is 4.89. The number of hydrogen-bond acceptors (Lipinski definition) is 3. The van der Waals surface area contributed by atoms with Gasteiger partial charge in [0.25, 0.3) is 0 Å². The molecule has 5 fully saturated rings. The van der Waals surface area contributed by atoms with Crippen LogP contribution in [-0.4, -0.2) is 41.1 Å². The lowest BCUT2D eigenvalue weighted by Crippen LogP contribution is -2.67. The summed E-state index contributed by atoms with van der Waals surface area (Å²) in [5.41, 5.74) is 0.713. The minimum Gasteiger partial charge on any atom is -0.392 e. The fourth-order valence-corrected chi connectivity index (χ4v) is 9.61. The molecule has 0 amide bonds. The average Bonchev–Trinajstić information content (AvgIpc) is 2.57. The van der Waals surface area contributed by atoms with Crippen molar-refractivity contribution in [2.75, 3.05) is 25.7 Å². The number of aliphatic hydroxyl groups is 1. The van der Waals surface area contributed by atoms with Gasteiger partial charge >= 0.3 is 0 Å². The van der Waals surface area contributed by atoms with Gasteiger partial charge < -0.3 is 9.84 Å². The zero-order valence-electron chi connectivity index (χ0n) is 17.1. The SMILES string of the molecule is COC[C@]1(C)CCC[C@]2(C)[C@@H]1CC[C@@]13CC[C@H](C[C@@H]21)[C@H](CS(C)=O)[C@H]3O. The number of fused-ring (bicyclic) bond motifs is 3. The van der Waals surface area contributed by atoms with Crippen LogP contribution in [0.1, 0.15) is 65.2 Å². The van der Waals surface area contributed by atoms with Crippen molar-refractivity contribution in [3.8, 4) is 0 Å². The third-order valence-electron chi connectivity index (χ3n) is 9.51. The van der Waals surface area contributed by atoms with Crippen molar-refractivity contribution in [2.24, 2.45) is 39.9 Å². The molecule has 26 heavy (non-hydrogen) atoms. The number of methoxy groups -OCH3 is 1. The quantitative estimate of drug-likeness (QED) is 0.799. The maximum absolute atomic E-state index is 11.9. The Morgan fingerprint density at radius 2 is 1.85 bits per heavy atom. The Bertz CT molecular complexity index is 576. The van der Waals surface area contributed by atoms with Gasteiger partial charge in [-0.15, -0.1) is 0 Å². The summed E-state index contributed by atoms with van der Waals surface area (Å²) in [7, 11) is 1.04. The van der Waals surface area contributed by atoms with Gasteiger partial charge in [-0.2, -0.15) is 0 Å². The van der Waals surface area contributed by atoms with E-state index in [-0.39, 0.29) is 22.9 Å². The van der Waals surface area contributed by atoms with Gasteiger partial charge in [-0.1, -0.05) is 20.3 Å². The van der Waals surface area contributed by atoms with Crippen molar-refractivity contribution in [3.05, 3.63) is 0 Å². The summed E-state index contributed by atoms with van der Waals surface area (Å²) in [6.45, 7) is 5.88. The summed E-state index contributed by atoms with van der Waals surface area (Å²) in [6.07, 6.45) is 11.5. The molecule has 5 rings (SSSR count). The molecule has 150 valence electrons. The van der Waals surface area contributed by atoms with E-state index >= 15 is 0 Å². The van der Waals surface area contributed by atoms with Crippen LogP contribution in [0.3, 0.4) is 0 Å². The first-order valence-electron chi connectivity index (χ1n) is 10.7. The summed E-state index contributed by atoms with van der Waals surface area (Å²) in [5, 5.41) is 11.5. The fourth-order valence-electron chi connectivity index (χ4n) is 8.61. The van der Waals surface area contributed by atoms with E-state index in [1.807, 2.05) is 7.11 Å². The van der Waals surface area contributed by atoms with Crippen LogP contribution in [0, 0.1) is 39.9 Å². The van der Waals surface area contributed by atoms with E-state index < -0.39 is 10.8 Å². The molecule has 2 bridgehead atoms. The maximum Gasteiger partial charge on any atom is 0.0638 e. The highest BCUT2D eigenvalue weighted by molar-refractivity contribution is 7.84. The Morgan fingerprint density at radius 3 is 2.54 bits per heavy atom. The Morgan fingerprint density at radius 1 is 1.12 bits per heavy atom. The molecule has 4 heteroatoms. The Labute approximate surface area is 162 Å². The Hall–Kier alpha value is 0.0700. The van der Waals surface area contributed by atoms with Crippen LogP contribution in [-0.2, 0) is 15.5 Å². The largest absolute Gasteiger partial charge is 0.392 e. The Balaban J connectivity index is 1.68. The first-order chi connectivity index (χ1) is 12.3. The number of aliphatic hydroxyl groups excluding tert-OH is 1. The van der Waals surface area contributed by atoms with Gasteiger partial charge in [0, 0.05) is 29.9 Å². The van der Waals surface area contributed by atoms with Gasteiger partial charge in [-0.05, 0) is 84.9 Å². The molecule has 5 saturated carbocycles. The molecule has 1 spiro atoms. The van der Waals surface area contributed by atoms with Crippen LogP contribution >= 0.6 is 0 Å². The van der Waals surface area contributed by atoms with Crippen molar-refractivity contribution < 1.29 is 14.1 Å². The molecule has 9 atom stereocenters. The van der Waals surface area contributed by atoms with Crippen molar-refractivity contribution in [3.63, 3.8) is 0 Å². The van der Waals surface area contributed by atoms with Gasteiger partial charge in [0.05, 0.1) is 12.7 Å². The molecule has 5 aliphatic rings. The summed E-state index contributed by atoms with van der Waals surface area (Å²) in [6, 6.07) is 0. The van der Waals surface area contributed by atoms with E-state index in [1.54, 1.807) is 6.26 Å².